The highest BCUT2D eigenvalue weighted by Crippen LogP contribution is 2.20. The van der Waals surface area contributed by atoms with E-state index in [1.807, 2.05) is 11.8 Å². The van der Waals surface area contributed by atoms with Crippen LogP contribution in [0.15, 0.2) is 29.2 Å². The monoisotopic (exact) mass is 397 g/mol. The smallest absolute Gasteiger partial charge is 0.243 e. The molecule has 8 heteroatoms. The molecule has 0 bridgehead atoms. The Kier molecular flexibility index (Phi) is 6.49. The Hall–Kier alpha value is -1.51. The van der Waals surface area contributed by atoms with E-state index in [2.05, 4.69) is 5.32 Å². The van der Waals surface area contributed by atoms with Crippen LogP contribution in [0.2, 0.25) is 0 Å². The van der Waals surface area contributed by atoms with Crippen molar-refractivity contribution in [2.24, 2.45) is 0 Å². The quantitative estimate of drug-likeness (QED) is 0.825. The molecule has 1 unspecified atom stereocenters. The van der Waals surface area contributed by atoms with Crippen LogP contribution in [0.25, 0.3) is 0 Å². The summed E-state index contributed by atoms with van der Waals surface area (Å²) in [5, 5.41) is 3.14. The number of rotatable bonds is 5. The molecule has 1 aliphatic heterocycles. The summed E-state index contributed by atoms with van der Waals surface area (Å²) in [5.74, 6) is -0.437. The maximum Gasteiger partial charge on any atom is 0.243 e. The van der Waals surface area contributed by atoms with Gasteiger partial charge in [0.2, 0.25) is 15.9 Å². The minimum Gasteiger partial charge on any atom is -0.352 e. The lowest BCUT2D eigenvalue weighted by Gasteiger charge is -2.37. The van der Waals surface area contributed by atoms with Crippen molar-refractivity contribution in [3.8, 4) is 0 Å². The third-order valence-electron chi connectivity index (χ3n) is 5.60. The molecule has 0 radical (unpaired) electrons. The number of carbonyl (C=O) groups excluding carboxylic acids is 1. The first-order chi connectivity index (χ1) is 12.9. The van der Waals surface area contributed by atoms with E-state index < -0.39 is 15.8 Å². The fraction of sp³-hybridized carbons (Fsp3) is 0.632. The van der Waals surface area contributed by atoms with Gasteiger partial charge in [-0.15, -0.1) is 0 Å². The highest BCUT2D eigenvalue weighted by molar-refractivity contribution is 7.89. The zero-order valence-corrected chi connectivity index (χ0v) is 16.5. The molecule has 1 saturated heterocycles. The summed E-state index contributed by atoms with van der Waals surface area (Å²) in [6.45, 7) is 3.52. The maximum absolute atomic E-state index is 13.0. The van der Waals surface area contributed by atoms with Crippen molar-refractivity contribution >= 4 is 15.9 Å². The van der Waals surface area contributed by atoms with Gasteiger partial charge in [0, 0.05) is 32.2 Å². The maximum atomic E-state index is 13.0. The third kappa shape index (κ3) is 4.86. The lowest BCUT2D eigenvalue weighted by molar-refractivity contribution is -0.127. The van der Waals surface area contributed by atoms with E-state index in [0.29, 0.717) is 26.2 Å². The van der Waals surface area contributed by atoms with E-state index in [1.165, 1.54) is 35.7 Å². The Morgan fingerprint density at radius 3 is 2.26 bits per heavy atom. The summed E-state index contributed by atoms with van der Waals surface area (Å²) in [5.41, 5.74) is 0. The Labute approximate surface area is 160 Å². The van der Waals surface area contributed by atoms with E-state index in [1.54, 1.807) is 0 Å². The fourth-order valence-corrected chi connectivity index (χ4v) is 5.24. The first kappa shape index (κ1) is 20.2. The van der Waals surface area contributed by atoms with E-state index >= 15 is 0 Å². The van der Waals surface area contributed by atoms with Crippen LogP contribution in [-0.4, -0.2) is 61.8 Å². The number of amides is 1. The minimum absolute atomic E-state index is 0.0248. The van der Waals surface area contributed by atoms with Crippen LogP contribution in [0.3, 0.4) is 0 Å². The summed E-state index contributed by atoms with van der Waals surface area (Å²) < 4.78 is 39.8. The number of nitrogens with one attached hydrogen (secondary N) is 1. The molecule has 1 amide bonds. The predicted octanol–water partition coefficient (Wildman–Crippen LogP) is 1.97. The van der Waals surface area contributed by atoms with Crippen LogP contribution < -0.4 is 5.32 Å². The molecule has 6 nitrogen and oxygen atoms in total. The van der Waals surface area contributed by atoms with Crippen molar-refractivity contribution in [3.63, 3.8) is 0 Å². The average molecular weight is 398 g/mol. The second kappa shape index (κ2) is 8.67. The summed E-state index contributed by atoms with van der Waals surface area (Å²) in [7, 11) is -3.63. The fourth-order valence-electron chi connectivity index (χ4n) is 3.82. The second-order valence-corrected chi connectivity index (χ2v) is 9.35. The summed E-state index contributed by atoms with van der Waals surface area (Å²) in [6, 6.07) is 4.88. The van der Waals surface area contributed by atoms with Gasteiger partial charge in [-0.1, -0.05) is 19.3 Å². The Bertz CT molecular complexity index is 740. The van der Waals surface area contributed by atoms with E-state index in [0.717, 1.165) is 25.0 Å². The number of hydrogen-bond donors (Lipinski definition) is 1. The van der Waals surface area contributed by atoms with Crippen molar-refractivity contribution in [2.45, 2.75) is 56.0 Å². The standard InChI is InChI=1S/C19H28FN3O3S/c1-15(19(24)21-17-5-3-2-4-6-17)22-11-13-23(14-12-22)27(25,26)18-9-7-16(20)8-10-18/h7-10,15,17H,2-6,11-14H2,1H3,(H,21,24). The molecule has 1 heterocycles. The van der Waals surface area contributed by atoms with Crippen LogP contribution >= 0.6 is 0 Å². The Balaban J connectivity index is 1.54. The van der Waals surface area contributed by atoms with Crippen LogP contribution in [0, 0.1) is 5.82 Å². The van der Waals surface area contributed by atoms with Crippen molar-refractivity contribution in [1.82, 2.24) is 14.5 Å². The van der Waals surface area contributed by atoms with E-state index in [-0.39, 0.29) is 22.9 Å². The topological polar surface area (TPSA) is 69.7 Å². The largest absolute Gasteiger partial charge is 0.352 e. The average Bonchev–Trinajstić information content (AvgIpc) is 2.68. The molecule has 3 rings (SSSR count). The number of halogens is 1. The lowest BCUT2D eigenvalue weighted by Crippen LogP contribution is -2.55. The van der Waals surface area contributed by atoms with Gasteiger partial charge in [0.1, 0.15) is 5.82 Å². The molecular weight excluding hydrogens is 369 g/mol. The molecule has 150 valence electrons. The molecule has 2 aliphatic rings. The van der Waals surface area contributed by atoms with Crippen LogP contribution in [-0.2, 0) is 14.8 Å². The van der Waals surface area contributed by atoms with Crippen LogP contribution in [0.5, 0.6) is 0 Å². The molecule has 1 N–H and O–H groups in total. The van der Waals surface area contributed by atoms with Crippen LogP contribution in [0.1, 0.15) is 39.0 Å². The van der Waals surface area contributed by atoms with Gasteiger partial charge in [-0.05, 0) is 44.0 Å². The third-order valence-corrected chi connectivity index (χ3v) is 7.52. The normalized spacial score (nSPS) is 21.7. The zero-order chi connectivity index (χ0) is 19.4. The van der Waals surface area contributed by atoms with Crippen molar-refractivity contribution in [3.05, 3.63) is 30.1 Å². The predicted molar refractivity (Wildman–Crippen MR) is 101 cm³/mol. The van der Waals surface area contributed by atoms with Gasteiger partial charge in [-0.25, -0.2) is 12.8 Å². The van der Waals surface area contributed by atoms with Gasteiger partial charge in [-0.3, -0.25) is 9.69 Å². The zero-order valence-electron chi connectivity index (χ0n) is 15.7. The summed E-state index contributed by atoms with van der Waals surface area (Å²) in [4.78, 5) is 14.6. The van der Waals surface area contributed by atoms with Gasteiger partial charge in [0.15, 0.2) is 0 Å². The molecule has 27 heavy (non-hydrogen) atoms. The summed E-state index contributed by atoms with van der Waals surface area (Å²) >= 11 is 0. The highest BCUT2D eigenvalue weighted by atomic mass is 32.2. The number of piperazine rings is 1. The lowest BCUT2D eigenvalue weighted by atomic mass is 9.95. The second-order valence-electron chi connectivity index (χ2n) is 7.41. The van der Waals surface area contributed by atoms with Gasteiger partial charge >= 0.3 is 0 Å². The van der Waals surface area contributed by atoms with Crippen molar-refractivity contribution < 1.29 is 17.6 Å². The first-order valence-electron chi connectivity index (χ1n) is 9.68. The molecule has 0 aromatic heterocycles. The number of hydrogen-bond acceptors (Lipinski definition) is 4. The van der Waals surface area contributed by atoms with Gasteiger partial charge < -0.3 is 5.32 Å². The van der Waals surface area contributed by atoms with Gasteiger partial charge in [0.05, 0.1) is 10.9 Å². The SMILES string of the molecule is CC(C(=O)NC1CCCCC1)N1CCN(S(=O)(=O)c2ccc(F)cc2)CC1. The number of sulfonamides is 1. The molecule has 1 aliphatic carbocycles. The summed E-state index contributed by atoms with van der Waals surface area (Å²) in [6.07, 6.45) is 5.66. The van der Waals surface area contributed by atoms with E-state index in [9.17, 15) is 17.6 Å². The molecule has 1 aromatic carbocycles. The molecular formula is C19H28FN3O3S. The molecule has 0 spiro atoms. The minimum atomic E-state index is -3.63. The Morgan fingerprint density at radius 1 is 1.07 bits per heavy atom. The van der Waals surface area contributed by atoms with Crippen LogP contribution in [0.4, 0.5) is 4.39 Å². The van der Waals surface area contributed by atoms with Crippen molar-refractivity contribution in [1.29, 1.82) is 0 Å². The number of carbonyl (C=O) groups is 1. The Morgan fingerprint density at radius 2 is 1.67 bits per heavy atom. The molecule has 1 atom stereocenters. The number of benzene rings is 1. The highest BCUT2D eigenvalue weighted by Gasteiger charge is 2.32. The molecule has 1 saturated carbocycles. The molecule has 1 aromatic rings. The number of nitrogens with zero attached hydrogens (tertiary/aromatic N) is 2. The molecule has 2 fully saturated rings. The van der Waals surface area contributed by atoms with Gasteiger partial charge in [0.25, 0.3) is 0 Å². The van der Waals surface area contributed by atoms with E-state index in [4.69, 9.17) is 0 Å². The van der Waals surface area contributed by atoms with Crippen molar-refractivity contribution in [2.75, 3.05) is 26.2 Å². The first-order valence-corrected chi connectivity index (χ1v) is 11.1. The van der Waals surface area contributed by atoms with Gasteiger partial charge in [-0.2, -0.15) is 4.31 Å².